The van der Waals surface area contributed by atoms with Crippen molar-refractivity contribution in [2.45, 2.75) is 51.1 Å². The van der Waals surface area contributed by atoms with E-state index in [1.54, 1.807) is 36.4 Å². The van der Waals surface area contributed by atoms with Crippen LogP contribution in [0.2, 0.25) is 0 Å². The van der Waals surface area contributed by atoms with Gasteiger partial charge in [0.2, 0.25) is 0 Å². The lowest BCUT2D eigenvalue weighted by atomic mass is 9.86. The summed E-state index contributed by atoms with van der Waals surface area (Å²) in [5.41, 5.74) is 1.77. The van der Waals surface area contributed by atoms with Crippen molar-refractivity contribution in [3.05, 3.63) is 76.0 Å². The van der Waals surface area contributed by atoms with Gasteiger partial charge in [0.15, 0.2) is 0 Å². The molecule has 1 fully saturated rings. The zero-order chi connectivity index (χ0) is 24.1. The van der Waals surface area contributed by atoms with Gasteiger partial charge in [-0.1, -0.05) is 42.5 Å². The van der Waals surface area contributed by atoms with Gasteiger partial charge in [-0.25, -0.2) is 0 Å². The lowest BCUT2D eigenvalue weighted by molar-refractivity contribution is -0.143. The number of aliphatic carboxylic acids is 1. The van der Waals surface area contributed by atoms with Gasteiger partial charge >= 0.3 is 12.1 Å². The van der Waals surface area contributed by atoms with Crippen molar-refractivity contribution in [3.8, 4) is 16.9 Å². The molecule has 0 radical (unpaired) electrons. The van der Waals surface area contributed by atoms with Gasteiger partial charge in [0.05, 0.1) is 5.92 Å². The fourth-order valence-electron chi connectivity index (χ4n) is 4.22. The number of alkyl halides is 3. The van der Waals surface area contributed by atoms with E-state index in [0.29, 0.717) is 53.0 Å². The van der Waals surface area contributed by atoms with Crippen LogP contribution in [-0.2, 0) is 24.1 Å². The topological polar surface area (TPSA) is 58.6 Å². The molecular weight excluding hydrogens is 463 g/mol. The van der Waals surface area contributed by atoms with Gasteiger partial charge in [0.1, 0.15) is 17.2 Å². The molecule has 0 aliphatic heterocycles. The Labute approximate surface area is 200 Å². The molecule has 1 aromatic heterocycles. The first-order chi connectivity index (χ1) is 16.3. The number of carboxylic acid groups (broad SMARTS) is 1. The molecule has 180 valence electrons. The standard InChI is InChI=1S/C26H26F3NO3S/c27-26(28,29)24-23(18-4-2-1-3-5-18)14-22(34-24)16-33-21-12-6-17(7-13-21)15-30-20-10-8-19(9-11-20)25(31)32/h1-7,12-14,19-20,30H,8-11,15-16H2,(H,31,32)/t19-,20+. The Kier molecular flexibility index (Phi) is 7.58. The number of carbonyl (C=O) groups is 1. The second-order valence-electron chi connectivity index (χ2n) is 8.52. The Bertz CT molecular complexity index is 1090. The summed E-state index contributed by atoms with van der Waals surface area (Å²) in [6, 6.07) is 17.9. The van der Waals surface area contributed by atoms with Crippen molar-refractivity contribution >= 4 is 17.3 Å². The molecule has 0 bridgehead atoms. The summed E-state index contributed by atoms with van der Waals surface area (Å²) in [5.74, 6) is -0.342. The third-order valence-electron chi connectivity index (χ3n) is 6.10. The molecule has 2 N–H and O–H groups in total. The minimum atomic E-state index is -4.42. The summed E-state index contributed by atoms with van der Waals surface area (Å²) in [7, 11) is 0. The first kappa shape index (κ1) is 24.3. The van der Waals surface area contributed by atoms with Crippen molar-refractivity contribution in [1.29, 1.82) is 0 Å². The highest BCUT2D eigenvalue weighted by atomic mass is 32.1. The molecule has 3 aromatic rings. The van der Waals surface area contributed by atoms with Gasteiger partial charge in [-0.05, 0) is 55.0 Å². The third kappa shape index (κ3) is 6.18. The Balaban J connectivity index is 1.32. The van der Waals surface area contributed by atoms with Gasteiger partial charge in [-0.2, -0.15) is 13.2 Å². The van der Waals surface area contributed by atoms with Crippen LogP contribution < -0.4 is 10.1 Å². The summed E-state index contributed by atoms with van der Waals surface area (Å²) in [4.78, 5) is 11.0. The van der Waals surface area contributed by atoms with Crippen LogP contribution >= 0.6 is 11.3 Å². The van der Waals surface area contributed by atoms with Crippen LogP contribution in [0.1, 0.15) is 41.0 Å². The zero-order valence-electron chi connectivity index (χ0n) is 18.5. The highest BCUT2D eigenvalue weighted by molar-refractivity contribution is 7.12. The van der Waals surface area contributed by atoms with E-state index in [1.807, 2.05) is 24.3 Å². The highest BCUT2D eigenvalue weighted by Gasteiger charge is 2.36. The van der Waals surface area contributed by atoms with E-state index < -0.39 is 17.0 Å². The summed E-state index contributed by atoms with van der Waals surface area (Å²) in [6.45, 7) is 0.730. The van der Waals surface area contributed by atoms with Gasteiger partial charge in [0, 0.05) is 23.0 Å². The second-order valence-corrected chi connectivity index (χ2v) is 9.66. The largest absolute Gasteiger partial charge is 0.488 e. The second kappa shape index (κ2) is 10.6. The fraction of sp³-hybridized carbons (Fsp3) is 0.346. The van der Waals surface area contributed by atoms with Crippen LogP contribution in [0.3, 0.4) is 0 Å². The summed E-state index contributed by atoms with van der Waals surface area (Å²) in [6.07, 6.45) is -1.32. The molecule has 0 unspecified atom stereocenters. The lowest BCUT2D eigenvalue weighted by Gasteiger charge is -2.27. The number of benzene rings is 2. The average molecular weight is 490 g/mol. The average Bonchev–Trinajstić information content (AvgIpc) is 3.28. The Morgan fingerprint density at radius 2 is 1.71 bits per heavy atom. The third-order valence-corrected chi connectivity index (χ3v) is 7.25. The van der Waals surface area contributed by atoms with E-state index in [4.69, 9.17) is 9.84 Å². The normalized spacial score (nSPS) is 18.6. The van der Waals surface area contributed by atoms with E-state index in [0.717, 1.165) is 18.4 Å². The van der Waals surface area contributed by atoms with Crippen LogP contribution in [0.25, 0.3) is 11.1 Å². The van der Waals surface area contributed by atoms with E-state index in [1.165, 1.54) is 0 Å². The van der Waals surface area contributed by atoms with E-state index >= 15 is 0 Å². The minimum Gasteiger partial charge on any atom is -0.488 e. The Hall–Kier alpha value is -2.84. The maximum absolute atomic E-state index is 13.6. The first-order valence-electron chi connectivity index (χ1n) is 11.2. The number of hydrogen-bond acceptors (Lipinski definition) is 4. The van der Waals surface area contributed by atoms with Crippen molar-refractivity contribution < 1.29 is 27.8 Å². The molecule has 0 saturated heterocycles. The molecule has 2 aromatic carbocycles. The predicted octanol–water partition coefficient (Wildman–Crippen LogP) is 6.75. The number of halogens is 3. The van der Waals surface area contributed by atoms with Crippen LogP contribution in [0.15, 0.2) is 60.7 Å². The monoisotopic (exact) mass is 489 g/mol. The summed E-state index contributed by atoms with van der Waals surface area (Å²) >= 11 is 0.713. The van der Waals surface area contributed by atoms with Crippen LogP contribution in [0.4, 0.5) is 13.2 Å². The molecule has 34 heavy (non-hydrogen) atoms. The molecular formula is C26H26F3NO3S. The molecule has 1 aliphatic carbocycles. The van der Waals surface area contributed by atoms with E-state index in [9.17, 15) is 18.0 Å². The van der Waals surface area contributed by atoms with Gasteiger partial charge < -0.3 is 15.2 Å². The number of hydrogen-bond donors (Lipinski definition) is 2. The number of nitrogens with one attached hydrogen (secondary N) is 1. The van der Waals surface area contributed by atoms with Crippen molar-refractivity contribution in [2.75, 3.05) is 0 Å². The lowest BCUT2D eigenvalue weighted by Crippen LogP contribution is -2.34. The SMILES string of the molecule is O=C(O)[C@H]1CC[C@@H](NCc2ccc(OCc3cc(-c4ccccc4)c(C(F)(F)F)s3)cc2)CC1. The highest BCUT2D eigenvalue weighted by Crippen LogP contribution is 2.43. The van der Waals surface area contributed by atoms with Gasteiger partial charge in [-0.15, -0.1) is 11.3 Å². The molecule has 4 rings (SSSR count). The first-order valence-corrected chi connectivity index (χ1v) is 12.0. The molecule has 0 atom stereocenters. The minimum absolute atomic E-state index is 0.0605. The van der Waals surface area contributed by atoms with Crippen molar-refractivity contribution in [1.82, 2.24) is 5.32 Å². The maximum Gasteiger partial charge on any atom is 0.426 e. The smallest absolute Gasteiger partial charge is 0.426 e. The van der Waals surface area contributed by atoms with Crippen LogP contribution in [0.5, 0.6) is 5.75 Å². The summed E-state index contributed by atoms with van der Waals surface area (Å²) in [5, 5.41) is 12.6. The quantitative estimate of drug-likeness (QED) is 0.368. The molecule has 1 saturated carbocycles. The number of ether oxygens (including phenoxy) is 1. The fourth-order valence-corrected chi connectivity index (χ4v) is 5.18. The predicted molar refractivity (Wildman–Crippen MR) is 126 cm³/mol. The van der Waals surface area contributed by atoms with Crippen molar-refractivity contribution in [2.24, 2.45) is 5.92 Å². The molecule has 1 aliphatic rings. The van der Waals surface area contributed by atoms with Crippen LogP contribution in [-0.4, -0.2) is 17.1 Å². The number of thiophene rings is 1. The molecule has 4 nitrogen and oxygen atoms in total. The maximum atomic E-state index is 13.6. The van der Waals surface area contributed by atoms with Crippen LogP contribution in [0, 0.1) is 5.92 Å². The Morgan fingerprint density at radius 1 is 1.03 bits per heavy atom. The summed E-state index contributed by atoms with van der Waals surface area (Å²) < 4.78 is 46.4. The van der Waals surface area contributed by atoms with Gasteiger partial charge in [-0.3, -0.25) is 4.79 Å². The number of carboxylic acids is 1. The van der Waals surface area contributed by atoms with E-state index in [2.05, 4.69) is 5.32 Å². The van der Waals surface area contributed by atoms with E-state index in [-0.39, 0.29) is 18.1 Å². The van der Waals surface area contributed by atoms with Crippen molar-refractivity contribution in [3.63, 3.8) is 0 Å². The Morgan fingerprint density at radius 3 is 2.32 bits per heavy atom. The zero-order valence-corrected chi connectivity index (χ0v) is 19.3. The van der Waals surface area contributed by atoms with Gasteiger partial charge in [0.25, 0.3) is 0 Å². The molecule has 8 heteroatoms. The number of rotatable bonds is 8. The molecule has 0 spiro atoms. The molecule has 0 amide bonds. The molecule has 1 heterocycles.